The van der Waals surface area contributed by atoms with Crippen molar-refractivity contribution in [3.63, 3.8) is 0 Å². The largest absolute Gasteiger partial charge is 0.453 e. The lowest BCUT2D eigenvalue weighted by molar-refractivity contribution is -0.139. The number of nitrogens with one attached hydrogen (secondary N) is 4. The first kappa shape index (κ1) is 39.4. The van der Waals surface area contributed by atoms with Gasteiger partial charge in [-0.25, -0.2) is 19.6 Å². The van der Waals surface area contributed by atoms with Gasteiger partial charge in [0, 0.05) is 30.2 Å². The fourth-order valence-electron chi connectivity index (χ4n) is 6.79. The summed E-state index contributed by atoms with van der Waals surface area (Å²) in [7, 11) is 2.46. The number of amides is 6. The van der Waals surface area contributed by atoms with Crippen LogP contribution in [0.25, 0.3) is 22.0 Å². The summed E-state index contributed by atoms with van der Waals surface area (Å²) in [5.74, 6) is -1.13. The van der Waals surface area contributed by atoms with Gasteiger partial charge in [0.1, 0.15) is 35.8 Å². The number of rotatable bonds is 11. The fourth-order valence-corrected chi connectivity index (χ4v) is 6.79. The molecule has 5 rings (SSSR count). The summed E-state index contributed by atoms with van der Waals surface area (Å²) in [6, 6.07) is 9.66. The summed E-state index contributed by atoms with van der Waals surface area (Å²) in [6.45, 7) is 8.05. The molecular weight excluding hydrogens is 696 g/mol. The predicted octanol–water partition coefficient (Wildman–Crippen LogP) is 3.92. The molecule has 0 radical (unpaired) electrons. The number of methoxy groups -OCH3 is 2. The van der Waals surface area contributed by atoms with Crippen LogP contribution in [-0.2, 0) is 28.7 Å². The molecular formula is C38H48N8O8. The van der Waals surface area contributed by atoms with Crippen molar-refractivity contribution in [1.82, 2.24) is 30.4 Å². The minimum absolute atomic E-state index is 0.210. The topological polar surface area (TPSA) is 201 Å². The van der Waals surface area contributed by atoms with Crippen LogP contribution in [0, 0.1) is 11.8 Å². The van der Waals surface area contributed by atoms with Crippen LogP contribution in [0.2, 0.25) is 0 Å². The Morgan fingerprint density at radius 2 is 1.19 bits per heavy atom. The fraction of sp³-hybridized carbons (Fsp3) is 0.474. The van der Waals surface area contributed by atoms with Gasteiger partial charge in [0.15, 0.2) is 0 Å². The van der Waals surface area contributed by atoms with Gasteiger partial charge in [-0.15, -0.1) is 0 Å². The third-order valence-corrected chi connectivity index (χ3v) is 9.75. The number of benzene rings is 1. The average molecular weight is 745 g/mol. The number of ether oxygens (including phenoxy) is 2. The molecule has 0 spiro atoms. The average Bonchev–Trinajstić information content (AvgIpc) is 3.86. The number of nitrogens with zero attached hydrogens (tertiary/aromatic N) is 4. The first-order chi connectivity index (χ1) is 25.8. The Labute approximate surface area is 313 Å². The Hall–Kier alpha value is -5.80. The normalized spacial score (nSPS) is 17.9. The van der Waals surface area contributed by atoms with E-state index < -0.39 is 36.4 Å². The molecule has 16 heteroatoms. The Balaban J connectivity index is 1.21. The van der Waals surface area contributed by atoms with Crippen molar-refractivity contribution in [2.75, 3.05) is 37.9 Å². The molecule has 3 aromatic rings. The molecule has 2 fully saturated rings. The van der Waals surface area contributed by atoms with E-state index in [1.807, 2.05) is 58.0 Å². The van der Waals surface area contributed by atoms with E-state index in [1.165, 1.54) is 24.0 Å². The maximum Gasteiger partial charge on any atom is 0.407 e. The maximum atomic E-state index is 13.4. The van der Waals surface area contributed by atoms with Crippen molar-refractivity contribution in [3.8, 4) is 11.1 Å². The van der Waals surface area contributed by atoms with E-state index in [-0.39, 0.29) is 35.5 Å². The van der Waals surface area contributed by atoms with E-state index in [4.69, 9.17) is 0 Å². The third kappa shape index (κ3) is 9.04. The molecule has 2 aliphatic heterocycles. The second-order valence-corrected chi connectivity index (χ2v) is 14.1. The zero-order valence-electron chi connectivity index (χ0n) is 31.4. The monoisotopic (exact) mass is 744 g/mol. The first-order valence-corrected chi connectivity index (χ1v) is 18.1. The van der Waals surface area contributed by atoms with E-state index in [2.05, 4.69) is 40.7 Å². The SMILES string of the molecule is COC(=O)N[C@H](C(=O)N1CCC[C@H]1C(=O)Nc1ccc(-c2ccc3nc(NC(=O)[C@@H]4CCCN4C(=O)[C@@H](NC(=O)OC)C(C)C)ccc3c2)cn1)C(C)C. The molecule has 1 aromatic carbocycles. The van der Waals surface area contributed by atoms with E-state index in [0.29, 0.717) is 55.9 Å². The van der Waals surface area contributed by atoms with Crippen LogP contribution in [0.3, 0.4) is 0 Å². The summed E-state index contributed by atoms with van der Waals surface area (Å²) < 4.78 is 9.36. The zero-order chi connectivity index (χ0) is 39.1. The minimum Gasteiger partial charge on any atom is -0.453 e. The van der Waals surface area contributed by atoms with Crippen molar-refractivity contribution in [2.45, 2.75) is 77.5 Å². The number of fused-ring (bicyclic) bond motifs is 1. The lowest BCUT2D eigenvalue weighted by atomic mass is 10.0. The van der Waals surface area contributed by atoms with Gasteiger partial charge in [-0.1, -0.05) is 33.8 Å². The van der Waals surface area contributed by atoms with Gasteiger partial charge in [0.25, 0.3) is 0 Å². The Morgan fingerprint density at radius 1 is 0.685 bits per heavy atom. The summed E-state index contributed by atoms with van der Waals surface area (Å²) >= 11 is 0. The minimum atomic E-state index is -0.828. The van der Waals surface area contributed by atoms with Crippen LogP contribution in [0.5, 0.6) is 0 Å². The molecule has 4 heterocycles. The number of hydrogen-bond acceptors (Lipinski definition) is 10. The first-order valence-electron chi connectivity index (χ1n) is 18.1. The zero-order valence-corrected chi connectivity index (χ0v) is 31.4. The molecule has 4 atom stereocenters. The van der Waals surface area contributed by atoms with Gasteiger partial charge in [0.2, 0.25) is 23.6 Å². The Kier molecular flexibility index (Phi) is 12.7. The van der Waals surface area contributed by atoms with Crippen LogP contribution in [0.1, 0.15) is 53.4 Å². The molecule has 16 nitrogen and oxygen atoms in total. The third-order valence-electron chi connectivity index (χ3n) is 9.75. The number of hydrogen-bond donors (Lipinski definition) is 4. The lowest BCUT2D eigenvalue weighted by Gasteiger charge is -2.30. The van der Waals surface area contributed by atoms with Crippen LogP contribution < -0.4 is 21.3 Å². The maximum absolute atomic E-state index is 13.4. The highest BCUT2D eigenvalue weighted by molar-refractivity contribution is 6.00. The second kappa shape index (κ2) is 17.4. The number of carbonyl (C=O) groups excluding carboxylic acids is 6. The molecule has 54 heavy (non-hydrogen) atoms. The van der Waals surface area contributed by atoms with E-state index >= 15 is 0 Å². The van der Waals surface area contributed by atoms with Crippen LogP contribution in [0.4, 0.5) is 21.2 Å². The number of carbonyl (C=O) groups is 6. The van der Waals surface area contributed by atoms with Crippen molar-refractivity contribution in [3.05, 3.63) is 48.7 Å². The number of likely N-dealkylation sites (tertiary alicyclic amines) is 2. The van der Waals surface area contributed by atoms with Gasteiger partial charge in [-0.05, 0) is 79.5 Å². The number of anilines is 2. The quantitative estimate of drug-likeness (QED) is 0.223. The van der Waals surface area contributed by atoms with Crippen molar-refractivity contribution in [2.24, 2.45) is 11.8 Å². The van der Waals surface area contributed by atoms with Gasteiger partial charge < -0.3 is 40.5 Å². The molecule has 0 saturated carbocycles. The van der Waals surface area contributed by atoms with E-state index in [0.717, 1.165) is 16.5 Å². The van der Waals surface area contributed by atoms with Gasteiger partial charge in [-0.3, -0.25) is 19.2 Å². The predicted molar refractivity (Wildman–Crippen MR) is 200 cm³/mol. The molecule has 0 bridgehead atoms. The van der Waals surface area contributed by atoms with E-state index in [9.17, 15) is 28.8 Å². The Bertz CT molecular complexity index is 1880. The molecule has 4 N–H and O–H groups in total. The summed E-state index contributed by atoms with van der Waals surface area (Å²) in [5, 5.41) is 11.7. The highest BCUT2D eigenvalue weighted by Crippen LogP contribution is 2.27. The number of alkyl carbamates (subject to hydrolysis) is 2. The Morgan fingerprint density at radius 3 is 1.67 bits per heavy atom. The van der Waals surface area contributed by atoms with E-state index in [1.54, 1.807) is 18.3 Å². The summed E-state index contributed by atoms with van der Waals surface area (Å²) in [6.07, 6.45) is 2.51. The lowest BCUT2D eigenvalue weighted by Crippen LogP contribution is -2.54. The van der Waals surface area contributed by atoms with Gasteiger partial charge >= 0.3 is 12.2 Å². The summed E-state index contributed by atoms with van der Waals surface area (Å²) in [5.41, 5.74) is 2.30. The highest BCUT2D eigenvalue weighted by atomic mass is 16.5. The van der Waals surface area contributed by atoms with Gasteiger partial charge in [0.05, 0.1) is 19.7 Å². The molecule has 6 amide bonds. The van der Waals surface area contributed by atoms with Crippen LogP contribution >= 0.6 is 0 Å². The summed E-state index contributed by atoms with van der Waals surface area (Å²) in [4.78, 5) is 89.1. The van der Waals surface area contributed by atoms with Crippen LogP contribution in [-0.4, -0.2) is 107 Å². The molecule has 0 aliphatic carbocycles. The molecule has 0 unspecified atom stereocenters. The number of aromatic nitrogens is 2. The molecule has 2 saturated heterocycles. The standard InChI is InChI=1S/C38H48N8O8/c1-21(2)31(43-37(51)53-5)35(49)45-17-7-9-27(45)33(47)41-29-15-13-25(20-39-29)23-11-14-26-24(19-23)12-16-30(40-26)42-34(48)28-10-8-18-46(28)36(50)32(22(3)4)44-38(52)54-6/h11-16,19-22,27-28,31-32H,7-10,17-18H2,1-6H3,(H,43,51)(H,44,52)(H,39,41,47)(H,40,42,48)/t27-,28-,31-,32-/m0/s1. The molecule has 2 aromatic heterocycles. The van der Waals surface area contributed by atoms with Crippen molar-refractivity contribution >= 4 is 58.4 Å². The van der Waals surface area contributed by atoms with Crippen molar-refractivity contribution < 1.29 is 38.2 Å². The van der Waals surface area contributed by atoms with Crippen molar-refractivity contribution in [1.29, 1.82) is 0 Å². The number of pyridine rings is 2. The highest BCUT2D eigenvalue weighted by Gasteiger charge is 2.40. The smallest absolute Gasteiger partial charge is 0.407 e. The van der Waals surface area contributed by atoms with Gasteiger partial charge in [-0.2, -0.15) is 0 Å². The van der Waals surface area contributed by atoms with Crippen LogP contribution in [0.15, 0.2) is 48.7 Å². The molecule has 2 aliphatic rings. The second-order valence-electron chi connectivity index (χ2n) is 14.1. The molecule has 288 valence electrons.